The summed E-state index contributed by atoms with van der Waals surface area (Å²) in [6, 6.07) is 33.9. The molecule has 0 aromatic heterocycles. The second-order valence-corrected chi connectivity index (χ2v) is 10.4. The van der Waals surface area contributed by atoms with Crippen molar-refractivity contribution in [3.05, 3.63) is 91.0 Å². The summed E-state index contributed by atoms with van der Waals surface area (Å²) in [5.41, 5.74) is 0.768. The lowest BCUT2D eigenvalue weighted by Gasteiger charge is -2.32. The Hall–Kier alpha value is -1.95. The van der Waals surface area contributed by atoms with Crippen molar-refractivity contribution in [2.24, 2.45) is 0 Å². The molecule has 1 fully saturated rings. The van der Waals surface area contributed by atoms with Gasteiger partial charge in [0.2, 0.25) is 0 Å². The zero-order valence-corrected chi connectivity index (χ0v) is 15.4. The summed E-state index contributed by atoms with van der Waals surface area (Å²) in [6.07, 6.45) is 5.46. The second kappa shape index (κ2) is 7.95. The minimum absolute atomic E-state index is 0. The van der Waals surface area contributed by atoms with E-state index in [0.717, 1.165) is 5.66 Å². The first kappa shape index (κ1) is 17.9. The number of rotatable bonds is 4. The van der Waals surface area contributed by atoms with Crippen molar-refractivity contribution in [2.75, 3.05) is 0 Å². The van der Waals surface area contributed by atoms with Crippen LogP contribution in [0.3, 0.4) is 0 Å². The van der Waals surface area contributed by atoms with E-state index < -0.39 is 7.26 Å². The fourth-order valence-electron chi connectivity index (χ4n) is 4.36. The molecule has 128 valence electrons. The largest absolute Gasteiger partial charge is 0.870 e. The van der Waals surface area contributed by atoms with E-state index in [9.17, 15) is 0 Å². The molecule has 1 aliphatic rings. The maximum absolute atomic E-state index is 2.37. The molecule has 3 aromatic carbocycles. The lowest BCUT2D eigenvalue weighted by atomic mass is 10.3. The van der Waals surface area contributed by atoms with Crippen LogP contribution in [0.2, 0.25) is 0 Å². The smallest absolute Gasteiger partial charge is 0.115 e. The van der Waals surface area contributed by atoms with E-state index in [2.05, 4.69) is 91.0 Å². The number of hydrogen-bond donors (Lipinski definition) is 0. The van der Waals surface area contributed by atoms with Gasteiger partial charge in [-0.1, -0.05) is 54.6 Å². The third-order valence-corrected chi connectivity index (χ3v) is 10.3. The van der Waals surface area contributed by atoms with Gasteiger partial charge in [-0.05, 0) is 62.1 Å². The van der Waals surface area contributed by atoms with E-state index in [1.54, 1.807) is 0 Å². The summed E-state index contributed by atoms with van der Waals surface area (Å²) in [6.45, 7) is 0. The third-order valence-electron chi connectivity index (χ3n) is 5.36. The maximum Gasteiger partial charge on any atom is 0.115 e. The van der Waals surface area contributed by atoms with Gasteiger partial charge in [-0.25, -0.2) is 0 Å². The van der Waals surface area contributed by atoms with Crippen molar-refractivity contribution in [2.45, 2.75) is 31.3 Å². The Morgan fingerprint density at radius 3 is 1.16 bits per heavy atom. The quantitative estimate of drug-likeness (QED) is 0.626. The minimum Gasteiger partial charge on any atom is -0.870 e. The Balaban J connectivity index is 0.00000182. The topological polar surface area (TPSA) is 30.0 Å². The van der Waals surface area contributed by atoms with Gasteiger partial charge in [0.05, 0.1) is 5.66 Å². The van der Waals surface area contributed by atoms with Crippen molar-refractivity contribution in [3.63, 3.8) is 0 Å². The van der Waals surface area contributed by atoms with E-state index in [1.807, 2.05) is 0 Å². The predicted molar refractivity (Wildman–Crippen MR) is 109 cm³/mol. The highest BCUT2D eigenvalue weighted by atomic mass is 31.2. The second-order valence-electron chi connectivity index (χ2n) is 6.67. The average molecular weight is 348 g/mol. The molecule has 0 radical (unpaired) electrons. The van der Waals surface area contributed by atoms with E-state index in [0.29, 0.717) is 0 Å². The van der Waals surface area contributed by atoms with Crippen LogP contribution in [0.4, 0.5) is 0 Å². The molecule has 1 N–H and O–H groups in total. The summed E-state index contributed by atoms with van der Waals surface area (Å²) in [7, 11) is -1.60. The molecule has 1 saturated carbocycles. The number of benzene rings is 3. The Labute approximate surface area is 151 Å². The van der Waals surface area contributed by atoms with Crippen LogP contribution in [0, 0.1) is 0 Å². The molecule has 0 spiro atoms. The van der Waals surface area contributed by atoms with Crippen LogP contribution in [0.1, 0.15) is 25.7 Å². The Kier molecular flexibility index (Phi) is 5.68. The standard InChI is InChI=1S/C23H24P.H2O/c1-4-12-20(13-5-1)24(23-18-10-11-19-23,21-14-6-2-7-15-21)22-16-8-3-9-17-22;/h1-9,12-17,23H,10-11,18-19H2;1H2/q+1;/p-1. The van der Waals surface area contributed by atoms with Crippen LogP contribution < -0.4 is 15.9 Å². The Morgan fingerprint density at radius 2 is 0.840 bits per heavy atom. The highest BCUT2D eigenvalue weighted by molar-refractivity contribution is 7.96. The van der Waals surface area contributed by atoms with E-state index in [1.165, 1.54) is 41.6 Å². The summed E-state index contributed by atoms with van der Waals surface area (Å²) in [5, 5.41) is 4.61. The van der Waals surface area contributed by atoms with Crippen LogP contribution in [0.25, 0.3) is 0 Å². The first-order valence-electron chi connectivity index (χ1n) is 8.98. The van der Waals surface area contributed by atoms with E-state index in [-0.39, 0.29) is 5.48 Å². The van der Waals surface area contributed by atoms with Crippen molar-refractivity contribution < 1.29 is 5.48 Å². The Bertz CT molecular complexity index is 668. The van der Waals surface area contributed by atoms with Gasteiger partial charge in [0.1, 0.15) is 23.2 Å². The fourth-order valence-corrected chi connectivity index (χ4v) is 9.59. The van der Waals surface area contributed by atoms with Crippen molar-refractivity contribution >= 4 is 23.2 Å². The highest BCUT2D eigenvalue weighted by Crippen LogP contribution is 2.63. The fraction of sp³-hybridized carbons (Fsp3) is 0.217. The van der Waals surface area contributed by atoms with Gasteiger partial charge in [-0.15, -0.1) is 0 Å². The lowest BCUT2D eigenvalue weighted by Crippen LogP contribution is -2.37. The average Bonchev–Trinajstić information content (AvgIpc) is 3.20. The first-order valence-corrected chi connectivity index (χ1v) is 10.8. The lowest BCUT2D eigenvalue weighted by molar-refractivity contribution is 0.824. The molecular weight excluding hydrogens is 323 g/mol. The molecule has 0 unspecified atom stereocenters. The van der Waals surface area contributed by atoms with Gasteiger partial charge >= 0.3 is 0 Å². The number of hydrogen-bond acceptors (Lipinski definition) is 1. The molecule has 0 saturated heterocycles. The van der Waals surface area contributed by atoms with E-state index in [4.69, 9.17) is 0 Å². The summed E-state index contributed by atoms with van der Waals surface area (Å²) >= 11 is 0. The van der Waals surface area contributed by atoms with Gasteiger partial charge in [-0.3, -0.25) is 0 Å². The van der Waals surface area contributed by atoms with Crippen molar-refractivity contribution in [3.8, 4) is 0 Å². The van der Waals surface area contributed by atoms with Crippen LogP contribution in [0.5, 0.6) is 0 Å². The molecule has 4 rings (SSSR count). The minimum atomic E-state index is -1.60. The molecule has 0 heterocycles. The molecule has 0 aliphatic heterocycles. The predicted octanol–water partition coefficient (Wildman–Crippen LogP) is 4.75. The third kappa shape index (κ3) is 3.15. The van der Waals surface area contributed by atoms with Gasteiger partial charge in [0, 0.05) is 0 Å². The van der Waals surface area contributed by atoms with Crippen LogP contribution in [-0.4, -0.2) is 11.1 Å². The van der Waals surface area contributed by atoms with E-state index >= 15 is 0 Å². The first-order chi connectivity index (χ1) is 11.9. The zero-order chi connectivity index (χ0) is 16.2. The normalized spacial score (nSPS) is 14.9. The zero-order valence-electron chi connectivity index (χ0n) is 14.5. The molecule has 0 bridgehead atoms. The molecule has 0 atom stereocenters. The van der Waals surface area contributed by atoms with Gasteiger partial charge in [0.25, 0.3) is 0 Å². The van der Waals surface area contributed by atoms with Crippen LogP contribution in [-0.2, 0) is 0 Å². The molecule has 1 aliphatic carbocycles. The molecule has 25 heavy (non-hydrogen) atoms. The molecule has 0 amide bonds. The summed E-state index contributed by atoms with van der Waals surface area (Å²) < 4.78 is 0. The monoisotopic (exact) mass is 348 g/mol. The summed E-state index contributed by atoms with van der Waals surface area (Å²) in [4.78, 5) is 0. The maximum atomic E-state index is 2.37. The van der Waals surface area contributed by atoms with Crippen LogP contribution >= 0.6 is 7.26 Å². The van der Waals surface area contributed by atoms with Crippen molar-refractivity contribution in [1.82, 2.24) is 0 Å². The molecule has 3 aromatic rings. The van der Waals surface area contributed by atoms with Crippen molar-refractivity contribution in [1.29, 1.82) is 0 Å². The Morgan fingerprint density at radius 1 is 0.520 bits per heavy atom. The van der Waals surface area contributed by atoms with Gasteiger partial charge in [0.15, 0.2) is 0 Å². The molecular formula is C23H25OP. The molecule has 2 heteroatoms. The SMILES string of the molecule is [OH-].c1ccc([P+](c2ccccc2)(c2ccccc2)C2CCCC2)cc1. The highest BCUT2D eigenvalue weighted by Gasteiger charge is 2.52. The van der Waals surface area contributed by atoms with Gasteiger partial charge in [-0.2, -0.15) is 0 Å². The van der Waals surface area contributed by atoms with Gasteiger partial charge < -0.3 is 5.48 Å². The summed E-state index contributed by atoms with van der Waals surface area (Å²) in [5.74, 6) is 0. The van der Waals surface area contributed by atoms with Crippen LogP contribution in [0.15, 0.2) is 91.0 Å². The molecule has 1 nitrogen and oxygen atoms in total.